The van der Waals surface area contributed by atoms with E-state index in [2.05, 4.69) is 46.7 Å². The molecule has 3 nitrogen and oxygen atoms in total. The predicted octanol–water partition coefficient (Wildman–Crippen LogP) is 4.33. The van der Waals surface area contributed by atoms with Gasteiger partial charge in [0, 0.05) is 18.5 Å². The fraction of sp³-hybridized carbons (Fsp3) is 0.286. The lowest BCUT2D eigenvalue weighted by atomic mass is 10.0. The van der Waals surface area contributed by atoms with Gasteiger partial charge in [0.15, 0.2) is 0 Å². The van der Waals surface area contributed by atoms with Gasteiger partial charge in [0.1, 0.15) is 5.15 Å². The fourth-order valence-corrected chi connectivity index (χ4v) is 3.51. The van der Waals surface area contributed by atoms with Crippen molar-refractivity contribution in [1.29, 1.82) is 0 Å². The van der Waals surface area contributed by atoms with Gasteiger partial charge in [0.2, 0.25) is 0 Å². The molecule has 1 atom stereocenters. The number of ether oxygens (including phenoxy) is 1. The maximum atomic E-state index is 6.36. The summed E-state index contributed by atoms with van der Waals surface area (Å²) in [6.45, 7) is 2.60. The average Bonchev–Trinajstić information content (AvgIpc) is 2.67. The average molecular weight is 353 g/mol. The number of rotatable bonds is 4. The zero-order valence-electron chi connectivity index (χ0n) is 14.0. The standard InChI is InChI=1S/C21H21ClN2O/c22-21-18(13-17-3-1-2-4-19(17)24-21)10-7-15-5-8-16(9-6-15)20-14-23-11-12-25-20/h1-6,8-9,13,20,23H,7,10-12,14H2/t20-/m1/s1. The van der Waals surface area contributed by atoms with Crippen LogP contribution in [0.25, 0.3) is 10.9 Å². The Bertz CT molecular complexity index is 857. The van der Waals surface area contributed by atoms with Gasteiger partial charge in [0.25, 0.3) is 0 Å². The monoisotopic (exact) mass is 352 g/mol. The van der Waals surface area contributed by atoms with Crippen LogP contribution in [0, 0.1) is 0 Å². The summed E-state index contributed by atoms with van der Waals surface area (Å²) in [5, 5.41) is 5.12. The third kappa shape index (κ3) is 3.84. The van der Waals surface area contributed by atoms with Crippen LogP contribution >= 0.6 is 11.6 Å². The van der Waals surface area contributed by atoms with Crippen LogP contribution in [0.3, 0.4) is 0 Å². The number of nitrogens with zero attached hydrogens (tertiary/aromatic N) is 1. The highest BCUT2D eigenvalue weighted by Crippen LogP contribution is 2.23. The number of pyridine rings is 1. The summed E-state index contributed by atoms with van der Waals surface area (Å²) in [6, 6.07) is 19.0. The number of morpholine rings is 1. The van der Waals surface area contributed by atoms with Crippen molar-refractivity contribution >= 4 is 22.5 Å². The van der Waals surface area contributed by atoms with Crippen molar-refractivity contribution in [3.8, 4) is 0 Å². The first kappa shape index (κ1) is 16.5. The summed E-state index contributed by atoms with van der Waals surface area (Å²) in [4.78, 5) is 4.51. The summed E-state index contributed by atoms with van der Waals surface area (Å²) in [5.41, 5.74) is 4.59. The maximum absolute atomic E-state index is 6.36. The molecule has 1 N–H and O–H groups in total. The summed E-state index contributed by atoms with van der Waals surface area (Å²) in [7, 11) is 0. The number of fused-ring (bicyclic) bond motifs is 1. The van der Waals surface area contributed by atoms with Crippen LogP contribution in [0.2, 0.25) is 5.15 Å². The van der Waals surface area contributed by atoms with E-state index in [0.29, 0.717) is 5.15 Å². The molecule has 128 valence electrons. The van der Waals surface area contributed by atoms with Gasteiger partial charge in [-0.05, 0) is 41.7 Å². The molecule has 1 aliphatic heterocycles. The van der Waals surface area contributed by atoms with E-state index in [1.165, 1.54) is 11.1 Å². The number of hydrogen-bond acceptors (Lipinski definition) is 3. The first-order valence-corrected chi connectivity index (χ1v) is 9.13. The summed E-state index contributed by atoms with van der Waals surface area (Å²) >= 11 is 6.36. The molecule has 2 heterocycles. The Morgan fingerprint density at radius 3 is 2.72 bits per heavy atom. The zero-order chi connectivity index (χ0) is 17.1. The molecule has 0 bridgehead atoms. The molecule has 1 aromatic heterocycles. The molecule has 0 unspecified atom stereocenters. The molecular formula is C21H21ClN2O. The highest BCUT2D eigenvalue weighted by molar-refractivity contribution is 6.30. The third-order valence-electron chi connectivity index (χ3n) is 4.71. The first-order valence-electron chi connectivity index (χ1n) is 8.75. The molecule has 3 aromatic rings. The lowest BCUT2D eigenvalue weighted by Gasteiger charge is -2.24. The topological polar surface area (TPSA) is 34.2 Å². The molecular weight excluding hydrogens is 332 g/mol. The Kier molecular flexibility index (Phi) is 4.97. The molecule has 1 fully saturated rings. The Labute approximate surface area is 153 Å². The molecule has 0 saturated carbocycles. The minimum atomic E-state index is 0.168. The second-order valence-electron chi connectivity index (χ2n) is 6.44. The number of aryl methyl sites for hydroxylation is 2. The van der Waals surface area contributed by atoms with Gasteiger partial charge in [0.05, 0.1) is 18.2 Å². The molecule has 0 radical (unpaired) electrons. The molecule has 1 saturated heterocycles. The van der Waals surface area contributed by atoms with Crippen molar-refractivity contribution in [2.24, 2.45) is 0 Å². The Morgan fingerprint density at radius 1 is 1.08 bits per heavy atom. The van der Waals surface area contributed by atoms with Crippen LogP contribution < -0.4 is 5.32 Å². The van der Waals surface area contributed by atoms with Crippen molar-refractivity contribution in [2.45, 2.75) is 18.9 Å². The molecule has 2 aromatic carbocycles. The van der Waals surface area contributed by atoms with E-state index in [4.69, 9.17) is 16.3 Å². The second kappa shape index (κ2) is 7.52. The molecule has 0 amide bonds. The summed E-state index contributed by atoms with van der Waals surface area (Å²) in [6.07, 6.45) is 2.00. The van der Waals surface area contributed by atoms with Gasteiger partial charge < -0.3 is 10.1 Å². The van der Waals surface area contributed by atoms with E-state index in [-0.39, 0.29) is 6.10 Å². The fourth-order valence-electron chi connectivity index (χ4n) is 3.27. The van der Waals surface area contributed by atoms with Crippen LogP contribution in [0.5, 0.6) is 0 Å². The van der Waals surface area contributed by atoms with E-state index in [1.807, 2.05) is 18.2 Å². The minimum Gasteiger partial charge on any atom is -0.371 e. The third-order valence-corrected chi connectivity index (χ3v) is 5.04. The van der Waals surface area contributed by atoms with E-state index >= 15 is 0 Å². The largest absolute Gasteiger partial charge is 0.371 e. The van der Waals surface area contributed by atoms with Gasteiger partial charge in [-0.25, -0.2) is 4.98 Å². The number of para-hydroxylation sites is 1. The Balaban J connectivity index is 1.45. The molecule has 0 aliphatic carbocycles. The van der Waals surface area contributed by atoms with Crippen LogP contribution in [-0.4, -0.2) is 24.7 Å². The zero-order valence-corrected chi connectivity index (χ0v) is 14.8. The van der Waals surface area contributed by atoms with Gasteiger partial charge in [-0.3, -0.25) is 0 Å². The van der Waals surface area contributed by atoms with E-state index in [9.17, 15) is 0 Å². The van der Waals surface area contributed by atoms with Crippen molar-refractivity contribution in [3.63, 3.8) is 0 Å². The summed E-state index contributed by atoms with van der Waals surface area (Å²) < 4.78 is 5.80. The van der Waals surface area contributed by atoms with Crippen molar-refractivity contribution in [2.75, 3.05) is 19.7 Å². The highest BCUT2D eigenvalue weighted by atomic mass is 35.5. The van der Waals surface area contributed by atoms with Gasteiger partial charge in [-0.2, -0.15) is 0 Å². The number of benzene rings is 2. The number of halogens is 1. The highest BCUT2D eigenvalue weighted by Gasteiger charge is 2.15. The Morgan fingerprint density at radius 2 is 1.92 bits per heavy atom. The van der Waals surface area contributed by atoms with E-state index in [0.717, 1.165) is 49.0 Å². The van der Waals surface area contributed by atoms with Crippen LogP contribution in [-0.2, 0) is 17.6 Å². The molecule has 1 aliphatic rings. The molecule has 0 spiro atoms. The van der Waals surface area contributed by atoms with E-state index < -0.39 is 0 Å². The smallest absolute Gasteiger partial charge is 0.132 e. The second-order valence-corrected chi connectivity index (χ2v) is 6.79. The summed E-state index contributed by atoms with van der Waals surface area (Å²) in [5.74, 6) is 0. The van der Waals surface area contributed by atoms with E-state index in [1.54, 1.807) is 0 Å². The van der Waals surface area contributed by atoms with Crippen LogP contribution in [0.4, 0.5) is 0 Å². The molecule has 4 heteroatoms. The lowest BCUT2D eigenvalue weighted by molar-refractivity contribution is 0.0277. The van der Waals surface area contributed by atoms with Crippen molar-refractivity contribution in [3.05, 3.63) is 76.4 Å². The Hall–Kier alpha value is -1.94. The van der Waals surface area contributed by atoms with Crippen molar-refractivity contribution < 1.29 is 4.74 Å². The van der Waals surface area contributed by atoms with Crippen molar-refractivity contribution in [1.82, 2.24) is 10.3 Å². The lowest BCUT2D eigenvalue weighted by Crippen LogP contribution is -2.33. The van der Waals surface area contributed by atoms with Crippen LogP contribution in [0.15, 0.2) is 54.6 Å². The van der Waals surface area contributed by atoms with Gasteiger partial charge >= 0.3 is 0 Å². The SMILES string of the molecule is Clc1nc2ccccc2cc1CCc1ccc([C@H]2CNCCO2)cc1. The number of hydrogen-bond donors (Lipinski definition) is 1. The molecule has 4 rings (SSSR count). The number of nitrogens with one attached hydrogen (secondary N) is 1. The number of aromatic nitrogens is 1. The minimum absolute atomic E-state index is 0.168. The normalized spacial score (nSPS) is 17.7. The van der Waals surface area contributed by atoms with Crippen LogP contribution in [0.1, 0.15) is 22.8 Å². The van der Waals surface area contributed by atoms with Gasteiger partial charge in [-0.1, -0.05) is 54.1 Å². The first-order chi connectivity index (χ1) is 12.3. The molecule has 25 heavy (non-hydrogen) atoms. The quantitative estimate of drug-likeness (QED) is 0.709. The predicted molar refractivity (Wildman–Crippen MR) is 102 cm³/mol. The maximum Gasteiger partial charge on any atom is 0.132 e. The van der Waals surface area contributed by atoms with Gasteiger partial charge in [-0.15, -0.1) is 0 Å².